The van der Waals surface area contributed by atoms with E-state index in [1.54, 1.807) is 49.4 Å². The van der Waals surface area contributed by atoms with Crippen LogP contribution in [0.2, 0.25) is 0 Å². The molecule has 3 aromatic carbocycles. The quantitative estimate of drug-likeness (QED) is 0.310. The molecule has 0 aromatic heterocycles. The minimum Gasteiger partial charge on any atom is -0.494 e. The van der Waals surface area contributed by atoms with Crippen LogP contribution in [0.5, 0.6) is 5.75 Å². The highest BCUT2D eigenvalue weighted by Crippen LogP contribution is 2.26. The fourth-order valence-electron chi connectivity index (χ4n) is 3.94. The Morgan fingerprint density at radius 3 is 2.21 bits per heavy atom. The second-order valence-corrected chi connectivity index (χ2v) is 12.0. The van der Waals surface area contributed by atoms with Gasteiger partial charge in [-0.3, -0.25) is 13.9 Å². The molecule has 0 bridgehead atoms. The van der Waals surface area contributed by atoms with E-state index in [1.165, 1.54) is 17.0 Å². The fraction of sp³-hybridized carbons (Fsp3) is 0.310. The summed E-state index contributed by atoms with van der Waals surface area (Å²) in [5.41, 5.74) is 1.13. The maximum absolute atomic E-state index is 13.9. The average molecular weight is 617 g/mol. The lowest BCUT2D eigenvalue weighted by atomic mass is 10.1. The number of ether oxygens (including phenoxy) is 1. The molecular weight excluding hydrogens is 582 g/mol. The van der Waals surface area contributed by atoms with Gasteiger partial charge >= 0.3 is 0 Å². The van der Waals surface area contributed by atoms with Crippen molar-refractivity contribution in [2.75, 3.05) is 17.5 Å². The number of rotatable bonds is 12. The van der Waals surface area contributed by atoms with E-state index in [2.05, 4.69) is 21.2 Å². The number of hydrogen-bond acceptors (Lipinski definition) is 5. The monoisotopic (exact) mass is 615 g/mol. The molecule has 0 fully saturated rings. The Hall–Kier alpha value is -3.37. The van der Waals surface area contributed by atoms with E-state index in [-0.39, 0.29) is 23.4 Å². The predicted molar refractivity (Wildman–Crippen MR) is 156 cm³/mol. The third-order valence-electron chi connectivity index (χ3n) is 5.89. The summed E-state index contributed by atoms with van der Waals surface area (Å²) in [4.78, 5) is 28.3. The van der Waals surface area contributed by atoms with Crippen molar-refractivity contribution < 1.29 is 22.7 Å². The zero-order valence-corrected chi connectivity index (χ0v) is 24.9. The van der Waals surface area contributed by atoms with Crippen LogP contribution in [0.15, 0.2) is 88.2 Å². The van der Waals surface area contributed by atoms with E-state index in [1.807, 2.05) is 45.0 Å². The van der Waals surface area contributed by atoms with Gasteiger partial charge in [-0.2, -0.15) is 0 Å². The number of halogens is 1. The Balaban J connectivity index is 1.99. The highest BCUT2D eigenvalue weighted by molar-refractivity contribution is 9.10. The first-order valence-electron chi connectivity index (χ1n) is 12.7. The number of para-hydroxylation sites is 1. The van der Waals surface area contributed by atoms with Gasteiger partial charge in [-0.1, -0.05) is 46.3 Å². The number of amides is 2. The molecule has 0 spiro atoms. The molecule has 0 unspecified atom stereocenters. The molecule has 3 rings (SSSR count). The van der Waals surface area contributed by atoms with Crippen LogP contribution in [0, 0.1) is 0 Å². The number of nitrogens with one attached hydrogen (secondary N) is 1. The van der Waals surface area contributed by atoms with Gasteiger partial charge in [-0.05, 0) is 81.8 Å². The van der Waals surface area contributed by atoms with Gasteiger partial charge in [0.25, 0.3) is 10.0 Å². The molecule has 1 atom stereocenters. The first kappa shape index (κ1) is 30.2. The standard InChI is InChI=1S/C29H34BrN3O5S/c1-5-38-26-14-16-27(17-15-26)39(36,37)33(25-12-7-6-8-13-25)20-28(34)32(22(4)29(35)31-21(2)3)19-23-10-9-11-24(30)18-23/h6-18,21-22H,5,19-20H2,1-4H3,(H,31,35)/t22-/m0/s1. The smallest absolute Gasteiger partial charge is 0.264 e. The van der Waals surface area contributed by atoms with E-state index in [0.29, 0.717) is 18.0 Å². The van der Waals surface area contributed by atoms with E-state index in [9.17, 15) is 18.0 Å². The van der Waals surface area contributed by atoms with Gasteiger partial charge in [0.05, 0.1) is 17.2 Å². The van der Waals surface area contributed by atoms with Gasteiger partial charge in [-0.15, -0.1) is 0 Å². The summed E-state index contributed by atoms with van der Waals surface area (Å²) in [6.07, 6.45) is 0. The normalized spacial score (nSPS) is 12.1. The first-order valence-corrected chi connectivity index (χ1v) is 14.9. The van der Waals surface area contributed by atoms with Crippen molar-refractivity contribution >= 4 is 43.5 Å². The van der Waals surface area contributed by atoms with Crippen molar-refractivity contribution in [2.45, 2.75) is 51.2 Å². The summed E-state index contributed by atoms with van der Waals surface area (Å²) in [5.74, 6) is -0.294. The highest BCUT2D eigenvalue weighted by atomic mass is 79.9. The van der Waals surface area contributed by atoms with E-state index in [0.717, 1.165) is 14.3 Å². The number of nitrogens with zero attached hydrogens (tertiary/aromatic N) is 2. The van der Waals surface area contributed by atoms with Crippen LogP contribution in [-0.2, 0) is 26.2 Å². The summed E-state index contributed by atoms with van der Waals surface area (Å²) in [6.45, 7) is 7.24. The van der Waals surface area contributed by atoms with Crippen LogP contribution in [0.4, 0.5) is 5.69 Å². The summed E-state index contributed by atoms with van der Waals surface area (Å²) in [7, 11) is -4.14. The Kier molecular flexibility index (Phi) is 10.5. The van der Waals surface area contributed by atoms with Crippen molar-refractivity contribution in [2.24, 2.45) is 0 Å². The van der Waals surface area contributed by atoms with Crippen LogP contribution >= 0.6 is 15.9 Å². The number of hydrogen-bond donors (Lipinski definition) is 1. The van der Waals surface area contributed by atoms with Crippen LogP contribution in [0.3, 0.4) is 0 Å². The third-order valence-corrected chi connectivity index (χ3v) is 8.17. The zero-order valence-electron chi connectivity index (χ0n) is 22.5. The largest absolute Gasteiger partial charge is 0.494 e. The van der Waals surface area contributed by atoms with E-state index < -0.39 is 28.5 Å². The van der Waals surface area contributed by atoms with E-state index >= 15 is 0 Å². The van der Waals surface area contributed by atoms with Crippen molar-refractivity contribution in [1.82, 2.24) is 10.2 Å². The summed E-state index contributed by atoms with van der Waals surface area (Å²) in [5, 5.41) is 2.85. The molecule has 1 N–H and O–H groups in total. The molecule has 208 valence electrons. The number of carbonyl (C=O) groups excluding carboxylic acids is 2. The zero-order chi connectivity index (χ0) is 28.6. The average Bonchev–Trinajstić information content (AvgIpc) is 2.90. The first-order chi connectivity index (χ1) is 18.5. The second kappa shape index (κ2) is 13.6. The van der Waals surface area contributed by atoms with Gasteiger partial charge in [0.1, 0.15) is 18.3 Å². The SMILES string of the molecule is CCOc1ccc(S(=O)(=O)N(CC(=O)N(Cc2cccc(Br)c2)[C@@H](C)C(=O)NC(C)C)c2ccccc2)cc1. The lowest BCUT2D eigenvalue weighted by Gasteiger charge is -2.32. The van der Waals surface area contributed by atoms with Gasteiger partial charge in [0, 0.05) is 17.1 Å². The Morgan fingerprint density at radius 1 is 0.949 bits per heavy atom. The van der Waals surface area contributed by atoms with Crippen LogP contribution < -0.4 is 14.4 Å². The lowest BCUT2D eigenvalue weighted by molar-refractivity contribution is -0.139. The topological polar surface area (TPSA) is 96.0 Å². The van der Waals surface area contributed by atoms with Gasteiger partial charge < -0.3 is 15.0 Å². The molecule has 0 aliphatic carbocycles. The molecule has 0 radical (unpaired) electrons. The predicted octanol–water partition coefficient (Wildman–Crippen LogP) is 4.99. The van der Waals surface area contributed by atoms with E-state index in [4.69, 9.17) is 4.74 Å². The fourth-order valence-corrected chi connectivity index (χ4v) is 5.81. The van der Waals surface area contributed by atoms with Crippen molar-refractivity contribution in [3.63, 3.8) is 0 Å². The number of benzene rings is 3. The molecule has 0 aliphatic rings. The Morgan fingerprint density at radius 2 is 1.62 bits per heavy atom. The number of sulfonamides is 1. The minimum absolute atomic E-state index is 0.0201. The minimum atomic E-state index is -4.14. The van der Waals surface area contributed by atoms with Crippen LogP contribution in [0.25, 0.3) is 0 Å². The maximum atomic E-state index is 13.9. The van der Waals surface area contributed by atoms with Gasteiger partial charge in [0.2, 0.25) is 11.8 Å². The van der Waals surface area contributed by atoms with Crippen molar-refractivity contribution in [3.8, 4) is 5.75 Å². The van der Waals surface area contributed by atoms with Gasteiger partial charge in [0.15, 0.2) is 0 Å². The Labute approximate surface area is 239 Å². The molecule has 8 nitrogen and oxygen atoms in total. The summed E-state index contributed by atoms with van der Waals surface area (Å²) < 4.78 is 35.0. The van der Waals surface area contributed by atoms with Crippen LogP contribution in [0.1, 0.15) is 33.3 Å². The molecule has 3 aromatic rings. The lowest BCUT2D eigenvalue weighted by Crippen LogP contribution is -2.52. The Bertz CT molecular complexity index is 1370. The van der Waals surface area contributed by atoms with Crippen molar-refractivity contribution in [1.29, 1.82) is 0 Å². The number of anilines is 1. The van der Waals surface area contributed by atoms with Crippen LogP contribution in [-0.4, -0.2) is 50.4 Å². The summed E-state index contributed by atoms with van der Waals surface area (Å²) in [6, 6.07) is 21.0. The molecule has 10 heteroatoms. The second-order valence-electron chi connectivity index (χ2n) is 9.24. The molecule has 2 amide bonds. The number of carbonyl (C=O) groups is 2. The highest BCUT2D eigenvalue weighted by Gasteiger charge is 2.32. The molecule has 0 saturated carbocycles. The molecule has 0 heterocycles. The van der Waals surface area contributed by atoms with Gasteiger partial charge in [-0.25, -0.2) is 8.42 Å². The maximum Gasteiger partial charge on any atom is 0.264 e. The molecular formula is C29H34BrN3O5S. The molecule has 0 aliphatic heterocycles. The molecule has 0 saturated heterocycles. The third kappa shape index (κ3) is 8.06. The summed E-state index contributed by atoms with van der Waals surface area (Å²) >= 11 is 3.45. The molecule has 39 heavy (non-hydrogen) atoms. The van der Waals surface area contributed by atoms with Crippen molar-refractivity contribution in [3.05, 3.63) is 88.9 Å².